The number of rotatable bonds is 1. The van der Waals surface area contributed by atoms with Crippen molar-refractivity contribution < 1.29 is 19.1 Å². The first kappa shape index (κ1) is 12.8. The lowest BCUT2D eigenvalue weighted by Gasteiger charge is -2.28. The molecule has 5 rings (SSSR count). The molecule has 0 aliphatic carbocycles. The Morgan fingerprint density at radius 2 is 2.09 bits per heavy atom. The minimum atomic E-state index is -0.849. The number of hydrogen-bond donors (Lipinski definition) is 1. The molecule has 1 saturated heterocycles. The van der Waals surface area contributed by atoms with Crippen LogP contribution < -0.4 is 0 Å². The summed E-state index contributed by atoms with van der Waals surface area (Å²) in [5.41, 5.74) is 3.20. The van der Waals surface area contributed by atoms with Crippen LogP contribution in [-0.4, -0.2) is 34.4 Å². The maximum Gasteiger partial charge on any atom is 0.242 e. The molecule has 3 aliphatic rings. The van der Waals surface area contributed by atoms with Gasteiger partial charge < -0.3 is 19.4 Å². The molecule has 2 aromatic rings. The number of nitrogens with zero attached hydrogens (tertiary/aromatic N) is 1. The van der Waals surface area contributed by atoms with Gasteiger partial charge in [-0.2, -0.15) is 0 Å². The van der Waals surface area contributed by atoms with E-state index in [1.165, 1.54) is 6.26 Å². The summed E-state index contributed by atoms with van der Waals surface area (Å²) < 4.78 is 10.3. The summed E-state index contributed by atoms with van der Waals surface area (Å²) in [6.45, 7) is 0.505. The molecular formula is C17H14N2O4. The Morgan fingerprint density at radius 1 is 1.22 bits per heavy atom. The zero-order chi connectivity index (χ0) is 15.6. The molecule has 6 heteroatoms. The first-order chi connectivity index (χ1) is 11.2. The van der Waals surface area contributed by atoms with Gasteiger partial charge in [0.1, 0.15) is 6.26 Å². The normalized spacial score (nSPS) is 25.9. The highest BCUT2D eigenvalue weighted by Gasteiger charge is 2.52. The highest BCUT2D eigenvalue weighted by molar-refractivity contribution is 6.13. The number of carbonyl (C=O) groups excluding carboxylic acids is 2. The standard InChI is InChI=1S/C17H14N2O4/c20-16-13-5-10-9-3-1-2-4-11(9)18-12(10)6-19(13)17(21)15(16)14-7-22-8-23-14/h1-4,7,13,15,18H,5-6,8H2. The van der Waals surface area contributed by atoms with Crippen molar-refractivity contribution in [2.45, 2.75) is 19.0 Å². The van der Waals surface area contributed by atoms with Crippen molar-refractivity contribution in [3.63, 3.8) is 0 Å². The number of ether oxygens (including phenoxy) is 2. The Labute approximate surface area is 131 Å². The fourth-order valence-electron chi connectivity index (χ4n) is 3.84. The van der Waals surface area contributed by atoms with Crippen LogP contribution in [-0.2, 0) is 32.0 Å². The van der Waals surface area contributed by atoms with Gasteiger partial charge in [0.05, 0.1) is 12.6 Å². The molecule has 2 unspecified atom stereocenters. The summed E-state index contributed by atoms with van der Waals surface area (Å²) in [5, 5.41) is 1.13. The van der Waals surface area contributed by atoms with E-state index < -0.39 is 12.0 Å². The van der Waals surface area contributed by atoms with Gasteiger partial charge in [-0.05, 0) is 11.6 Å². The van der Waals surface area contributed by atoms with Gasteiger partial charge in [-0.15, -0.1) is 0 Å². The third kappa shape index (κ3) is 1.63. The summed E-state index contributed by atoms with van der Waals surface area (Å²) in [4.78, 5) is 30.5. The van der Waals surface area contributed by atoms with Gasteiger partial charge in [0.15, 0.2) is 17.5 Å². The maximum absolute atomic E-state index is 12.8. The quantitative estimate of drug-likeness (QED) is 0.810. The lowest BCUT2D eigenvalue weighted by atomic mass is 9.94. The topological polar surface area (TPSA) is 71.6 Å². The second kappa shape index (κ2) is 4.38. The van der Waals surface area contributed by atoms with Gasteiger partial charge >= 0.3 is 0 Å². The highest BCUT2D eigenvalue weighted by atomic mass is 16.7. The van der Waals surface area contributed by atoms with E-state index in [2.05, 4.69) is 11.1 Å². The van der Waals surface area contributed by atoms with Gasteiger partial charge in [0.2, 0.25) is 12.7 Å². The van der Waals surface area contributed by atoms with Gasteiger partial charge in [0, 0.05) is 23.0 Å². The minimum Gasteiger partial charge on any atom is -0.462 e. The van der Waals surface area contributed by atoms with E-state index >= 15 is 0 Å². The number of nitrogens with one attached hydrogen (secondary N) is 1. The summed E-state index contributed by atoms with van der Waals surface area (Å²) in [7, 11) is 0. The number of para-hydroxylation sites is 1. The molecule has 1 aromatic carbocycles. The Balaban J connectivity index is 1.56. The molecule has 2 atom stereocenters. The average molecular weight is 310 g/mol. The number of aromatic amines is 1. The molecule has 6 nitrogen and oxygen atoms in total. The first-order valence-electron chi connectivity index (χ1n) is 7.61. The van der Waals surface area contributed by atoms with Crippen LogP contribution in [0.5, 0.6) is 0 Å². The number of carbonyl (C=O) groups is 2. The average Bonchev–Trinajstić information content (AvgIpc) is 3.25. The number of amides is 1. The van der Waals surface area contributed by atoms with Crippen LogP contribution >= 0.6 is 0 Å². The Hall–Kier alpha value is -2.76. The smallest absolute Gasteiger partial charge is 0.242 e. The Bertz CT molecular complexity index is 882. The van der Waals surface area contributed by atoms with Crippen molar-refractivity contribution in [2.24, 2.45) is 5.92 Å². The van der Waals surface area contributed by atoms with E-state index in [1.54, 1.807) is 4.90 Å². The van der Waals surface area contributed by atoms with Crippen molar-refractivity contribution in [2.75, 3.05) is 6.79 Å². The number of benzene rings is 1. The molecular weight excluding hydrogens is 296 g/mol. The number of H-pyrrole nitrogens is 1. The number of aromatic nitrogens is 1. The second-order valence-electron chi connectivity index (χ2n) is 6.10. The molecule has 3 aliphatic heterocycles. The Morgan fingerprint density at radius 3 is 2.91 bits per heavy atom. The maximum atomic E-state index is 12.8. The van der Waals surface area contributed by atoms with E-state index in [0.717, 1.165) is 22.2 Å². The van der Waals surface area contributed by atoms with Crippen molar-refractivity contribution in [3.05, 3.63) is 47.5 Å². The highest BCUT2D eigenvalue weighted by Crippen LogP contribution is 2.38. The molecule has 0 radical (unpaired) electrons. The van der Waals surface area contributed by atoms with Crippen LogP contribution in [0, 0.1) is 5.92 Å². The summed E-state index contributed by atoms with van der Waals surface area (Å²) in [6.07, 6.45) is 1.93. The fraction of sp³-hybridized carbons (Fsp3) is 0.294. The predicted molar refractivity (Wildman–Crippen MR) is 80.0 cm³/mol. The van der Waals surface area contributed by atoms with E-state index in [1.807, 2.05) is 18.2 Å². The molecule has 0 spiro atoms. The van der Waals surface area contributed by atoms with E-state index in [-0.39, 0.29) is 18.5 Å². The predicted octanol–water partition coefficient (Wildman–Crippen LogP) is 1.47. The molecule has 1 aromatic heterocycles. The van der Waals surface area contributed by atoms with Crippen molar-refractivity contribution in [1.29, 1.82) is 0 Å². The van der Waals surface area contributed by atoms with Gasteiger partial charge in [-0.3, -0.25) is 9.59 Å². The third-order valence-electron chi connectivity index (χ3n) is 4.92. The zero-order valence-corrected chi connectivity index (χ0v) is 12.2. The zero-order valence-electron chi connectivity index (χ0n) is 12.2. The van der Waals surface area contributed by atoms with E-state index in [9.17, 15) is 9.59 Å². The number of Topliss-reactive ketones (excluding diaryl/α,β-unsaturated/α-hetero) is 1. The molecule has 116 valence electrons. The molecule has 1 fully saturated rings. The van der Waals surface area contributed by atoms with Crippen LogP contribution in [0.2, 0.25) is 0 Å². The molecule has 23 heavy (non-hydrogen) atoms. The van der Waals surface area contributed by atoms with Crippen LogP contribution in [0.1, 0.15) is 11.3 Å². The SMILES string of the molecule is O=C1C(C2=COCO2)C(=O)N2Cc3[nH]c4ccccc4c3CC12. The molecule has 0 bridgehead atoms. The van der Waals surface area contributed by atoms with Crippen LogP contribution in [0.25, 0.3) is 10.9 Å². The monoisotopic (exact) mass is 310 g/mol. The number of ketones is 1. The van der Waals surface area contributed by atoms with Gasteiger partial charge in [0.25, 0.3) is 0 Å². The Kier molecular flexibility index (Phi) is 2.43. The van der Waals surface area contributed by atoms with Crippen molar-refractivity contribution in [1.82, 2.24) is 9.88 Å². The van der Waals surface area contributed by atoms with Gasteiger partial charge in [-0.25, -0.2) is 0 Å². The number of fused-ring (bicyclic) bond motifs is 4. The van der Waals surface area contributed by atoms with Crippen molar-refractivity contribution in [3.8, 4) is 0 Å². The summed E-state index contributed by atoms with van der Waals surface area (Å²) >= 11 is 0. The second-order valence-corrected chi connectivity index (χ2v) is 6.10. The van der Waals surface area contributed by atoms with Gasteiger partial charge in [-0.1, -0.05) is 18.2 Å². The van der Waals surface area contributed by atoms with Crippen LogP contribution in [0.3, 0.4) is 0 Å². The molecule has 1 amide bonds. The van der Waals surface area contributed by atoms with Crippen LogP contribution in [0.4, 0.5) is 0 Å². The van der Waals surface area contributed by atoms with Crippen molar-refractivity contribution >= 4 is 22.6 Å². The molecule has 0 saturated carbocycles. The third-order valence-corrected chi connectivity index (χ3v) is 4.92. The van der Waals surface area contributed by atoms with Crippen LogP contribution in [0.15, 0.2) is 36.3 Å². The fourth-order valence-corrected chi connectivity index (χ4v) is 3.84. The molecule has 4 heterocycles. The minimum absolute atomic E-state index is 0.0702. The lowest BCUT2D eigenvalue weighted by molar-refractivity contribution is -0.133. The summed E-state index contributed by atoms with van der Waals surface area (Å²) in [6, 6.07) is 7.61. The lowest BCUT2D eigenvalue weighted by Crippen LogP contribution is -2.40. The van der Waals surface area contributed by atoms with E-state index in [0.29, 0.717) is 18.7 Å². The largest absolute Gasteiger partial charge is 0.462 e. The first-order valence-corrected chi connectivity index (χ1v) is 7.61. The van der Waals surface area contributed by atoms with E-state index in [4.69, 9.17) is 9.47 Å². The summed E-state index contributed by atoms with van der Waals surface area (Å²) in [5.74, 6) is -0.801. The molecule has 1 N–H and O–H groups in total. The number of hydrogen-bond acceptors (Lipinski definition) is 4.